The molecule has 4 aliphatic rings. The van der Waals surface area contributed by atoms with Gasteiger partial charge in [0.2, 0.25) is 0 Å². The highest BCUT2D eigenvalue weighted by molar-refractivity contribution is 5.83. The van der Waals surface area contributed by atoms with Crippen LogP contribution >= 0.6 is 0 Å². The summed E-state index contributed by atoms with van der Waals surface area (Å²) in [6.07, 6.45) is 9.83. The molecule has 2 aliphatic heterocycles. The molecule has 1 spiro atoms. The Kier molecular flexibility index (Phi) is 4.35. The van der Waals surface area contributed by atoms with E-state index in [1.54, 1.807) is 19.3 Å². The molecule has 6 heteroatoms. The minimum absolute atomic E-state index is 0.0210. The monoisotopic (exact) mass is 409 g/mol. The summed E-state index contributed by atoms with van der Waals surface area (Å²) in [6, 6.07) is 3.99. The van der Waals surface area contributed by atoms with Gasteiger partial charge in [-0.1, -0.05) is 24.3 Å². The summed E-state index contributed by atoms with van der Waals surface area (Å²) in [4.78, 5) is 14.6. The lowest BCUT2D eigenvalue weighted by atomic mass is 9.50. The summed E-state index contributed by atoms with van der Waals surface area (Å²) >= 11 is 0. The van der Waals surface area contributed by atoms with Gasteiger partial charge < -0.3 is 24.2 Å². The predicted octanol–water partition coefficient (Wildman–Crippen LogP) is 2.65. The molecule has 0 unspecified atom stereocenters. The topological polar surface area (TPSA) is 68.2 Å². The van der Waals surface area contributed by atoms with Crippen LogP contribution in [0.3, 0.4) is 0 Å². The lowest BCUT2D eigenvalue weighted by Gasteiger charge is -2.61. The van der Waals surface area contributed by atoms with Gasteiger partial charge in [0.25, 0.3) is 0 Å². The Morgan fingerprint density at radius 2 is 2.20 bits per heavy atom. The Hall–Kier alpha value is -2.57. The van der Waals surface area contributed by atoms with Crippen LogP contribution in [0.5, 0.6) is 11.5 Å². The van der Waals surface area contributed by atoms with E-state index in [0.717, 1.165) is 24.9 Å². The number of esters is 1. The number of aliphatic hydroxyl groups is 1. The first-order valence-corrected chi connectivity index (χ1v) is 10.5. The number of ether oxygens (including phenoxy) is 3. The van der Waals surface area contributed by atoms with Gasteiger partial charge in [-0.25, -0.2) is 4.79 Å². The van der Waals surface area contributed by atoms with Crippen LogP contribution in [0.2, 0.25) is 0 Å². The van der Waals surface area contributed by atoms with Crippen LogP contribution in [-0.4, -0.2) is 54.4 Å². The first-order valence-electron chi connectivity index (χ1n) is 10.5. The number of rotatable bonds is 4. The average molecular weight is 409 g/mol. The number of hydrogen-bond acceptors (Lipinski definition) is 6. The number of hydrogen-bond donors (Lipinski definition) is 1. The Morgan fingerprint density at radius 1 is 1.37 bits per heavy atom. The maximum atomic E-state index is 12.4. The number of carbonyl (C=O) groups excluding carboxylic acids is 1. The number of nitrogens with zero attached hydrogens (tertiary/aromatic N) is 1. The fourth-order valence-electron chi connectivity index (χ4n) is 5.98. The van der Waals surface area contributed by atoms with Gasteiger partial charge in [-0.2, -0.15) is 0 Å². The van der Waals surface area contributed by atoms with E-state index in [9.17, 15) is 9.90 Å². The highest BCUT2D eigenvalue weighted by Gasteiger charge is 2.72. The molecule has 5 rings (SSSR count). The van der Waals surface area contributed by atoms with E-state index >= 15 is 0 Å². The Bertz CT molecular complexity index is 996. The van der Waals surface area contributed by atoms with Crippen LogP contribution in [0.25, 0.3) is 0 Å². The normalized spacial score (nSPS) is 33.9. The van der Waals surface area contributed by atoms with Crippen molar-refractivity contribution in [3.05, 3.63) is 59.4 Å². The SMILES string of the molecule is C/C=C/C=C/C(=O)OC1=CC[C@@]2(O)[C@@H]3Cc4ccc(OC)c5c4[C@@]2(CCN3C)[C@H]1O5. The van der Waals surface area contributed by atoms with E-state index in [-0.39, 0.29) is 6.04 Å². The molecular formula is C24H27NO5. The van der Waals surface area contributed by atoms with Crippen molar-refractivity contribution in [2.45, 2.75) is 49.3 Å². The zero-order valence-corrected chi connectivity index (χ0v) is 17.6. The molecular weight excluding hydrogens is 382 g/mol. The average Bonchev–Trinajstić information content (AvgIpc) is 3.08. The fourth-order valence-corrected chi connectivity index (χ4v) is 5.98. The third-order valence-corrected chi connectivity index (χ3v) is 7.31. The molecule has 6 nitrogen and oxygen atoms in total. The molecule has 2 aliphatic carbocycles. The molecule has 1 fully saturated rings. The number of methoxy groups -OCH3 is 1. The van der Waals surface area contributed by atoms with Crippen LogP contribution in [0.15, 0.2) is 48.3 Å². The number of likely N-dealkylation sites (N-methyl/N-ethyl adjacent to an activating group) is 1. The Labute approximate surface area is 176 Å². The molecule has 2 heterocycles. The Balaban J connectivity index is 1.63. The van der Waals surface area contributed by atoms with E-state index in [1.807, 2.05) is 25.1 Å². The van der Waals surface area contributed by atoms with Crippen molar-refractivity contribution in [3.63, 3.8) is 0 Å². The van der Waals surface area contributed by atoms with Crippen molar-refractivity contribution in [3.8, 4) is 11.5 Å². The Morgan fingerprint density at radius 3 is 2.97 bits per heavy atom. The van der Waals surface area contributed by atoms with Crippen LogP contribution < -0.4 is 9.47 Å². The molecule has 0 aromatic heterocycles. The molecule has 4 atom stereocenters. The number of piperidine rings is 1. The predicted molar refractivity (Wildman–Crippen MR) is 112 cm³/mol. The summed E-state index contributed by atoms with van der Waals surface area (Å²) < 4.78 is 17.8. The zero-order valence-electron chi connectivity index (χ0n) is 17.6. The molecule has 0 radical (unpaired) electrons. The van der Waals surface area contributed by atoms with Crippen molar-refractivity contribution in [2.75, 3.05) is 20.7 Å². The molecule has 0 amide bonds. The molecule has 30 heavy (non-hydrogen) atoms. The van der Waals surface area contributed by atoms with Gasteiger partial charge in [0.1, 0.15) is 5.76 Å². The molecule has 1 N–H and O–H groups in total. The number of likely N-dealkylation sites (tertiary alicyclic amines) is 1. The molecule has 1 aromatic carbocycles. The summed E-state index contributed by atoms with van der Waals surface area (Å²) in [6.45, 7) is 2.72. The van der Waals surface area contributed by atoms with E-state index in [1.165, 1.54) is 11.6 Å². The summed E-state index contributed by atoms with van der Waals surface area (Å²) in [5.41, 5.74) is 0.560. The smallest absolute Gasteiger partial charge is 0.335 e. The third kappa shape index (κ3) is 2.35. The van der Waals surface area contributed by atoms with E-state index in [4.69, 9.17) is 14.2 Å². The number of allylic oxidation sites excluding steroid dienone is 3. The maximum Gasteiger partial charge on any atom is 0.335 e. The molecule has 1 saturated heterocycles. The summed E-state index contributed by atoms with van der Waals surface area (Å²) in [7, 11) is 3.69. The van der Waals surface area contributed by atoms with Crippen LogP contribution in [0.4, 0.5) is 0 Å². The highest BCUT2D eigenvalue weighted by Crippen LogP contribution is 2.65. The van der Waals surface area contributed by atoms with Gasteiger partial charge in [-0.15, -0.1) is 0 Å². The van der Waals surface area contributed by atoms with Crippen LogP contribution in [-0.2, 0) is 21.4 Å². The van der Waals surface area contributed by atoms with Crippen molar-refractivity contribution in [1.29, 1.82) is 0 Å². The van der Waals surface area contributed by atoms with Gasteiger partial charge in [0, 0.05) is 24.1 Å². The lowest BCUT2D eigenvalue weighted by Crippen LogP contribution is -2.74. The largest absolute Gasteiger partial charge is 0.493 e. The minimum Gasteiger partial charge on any atom is -0.493 e. The van der Waals surface area contributed by atoms with Crippen molar-refractivity contribution in [1.82, 2.24) is 4.90 Å². The van der Waals surface area contributed by atoms with Crippen LogP contribution in [0.1, 0.15) is 30.9 Å². The highest BCUT2D eigenvalue weighted by atomic mass is 16.6. The van der Waals surface area contributed by atoms with Crippen LogP contribution in [0, 0.1) is 0 Å². The first-order chi connectivity index (χ1) is 14.5. The zero-order chi connectivity index (χ0) is 21.1. The second kappa shape index (κ2) is 6.72. The van der Waals surface area contributed by atoms with Gasteiger partial charge >= 0.3 is 5.97 Å². The van der Waals surface area contributed by atoms with Gasteiger partial charge in [0.15, 0.2) is 17.6 Å². The summed E-state index contributed by atoms with van der Waals surface area (Å²) in [5, 5.41) is 12.1. The second-order valence-corrected chi connectivity index (χ2v) is 8.59. The second-order valence-electron chi connectivity index (χ2n) is 8.59. The maximum absolute atomic E-state index is 12.4. The standard InChI is InChI=1S/C24H27NO5/c1-4-5-6-7-19(26)29-17-10-11-24(27)18-14-15-8-9-16(28-3)21-20(15)23(24,22(17)30-21)12-13-25(18)2/h4-10,18,22,27H,11-14H2,1-3H3/b5-4+,7-6+/t18-,22-,23-,24+/m0/s1. The third-order valence-electron chi connectivity index (χ3n) is 7.31. The van der Waals surface area contributed by atoms with Gasteiger partial charge in [0.05, 0.1) is 18.1 Å². The molecule has 1 aromatic rings. The summed E-state index contributed by atoms with van der Waals surface area (Å²) in [5.74, 6) is 1.35. The minimum atomic E-state index is -0.994. The van der Waals surface area contributed by atoms with Crippen molar-refractivity contribution in [2.24, 2.45) is 0 Å². The molecule has 0 saturated carbocycles. The molecule has 158 valence electrons. The fraction of sp³-hybridized carbons (Fsp3) is 0.458. The number of carbonyl (C=O) groups is 1. The first kappa shape index (κ1) is 19.4. The van der Waals surface area contributed by atoms with Crippen molar-refractivity contribution < 1.29 is 24.1 Å². The van der Waals surface area contributed by atoms with Gasteiger partial charge in [-0.05, 0) is 51.1 Å². The number of benzene rings is 1. The lowest BCUT2D eigenvalue weighted by molar-refractivity contribution is -0.168. The van der Waals surface area contributed by atoms with E-state index < -0.39 is 23.1 Å². The van der Waals surface area contributed by atoms with Crippen molar-refractivity contribution >= 4 is 5.97 Å². The molecule has 2 bridgehead atoms. The van der Waals surface area contributed by atoms with Gasteiger partial charge in [-0.3, -0.25) is 0 Å². The quantitative estimate of drug-likeness (QED) is 0.469. The van der Waals surface area contributed by atoms with E-state index in [2.05, 4.69) is 18.0 Å². The van der Waals surface area contributed by atoms with E-state index in [0.29, 0.717) is 23.7 Å².